The van der Waals surface area contributed by atoms with E-state index in [1.165, 1.54) is 9.80 Å². The summed E-state index contributed by atoms with van der Waals surface area (Å²) >= 11 is 12.2. The van der Waals surface area contributed by atoms with Crippen LogP contribution in [0, 0.1) is 0 Å². The molecule has 10 heteroatoms. The van der Waals surface area contributed by atoms with Crippen molar-refractivity contribution in [2.45, 2.75) is 19.4 Å². The standard InChI is InChI=1S/C18H19Cl2N5O3/c1-23-11-16(27)24(18(23)28)9-3-6-15(26)22-14-7-8-21-25(14)10-12-4-2-5-13(19)17(12)20/h2,4-5,7-8H,3,6,9-11H2,1H3,(H,22,26). The molecule has 1 saturated heterocycles. The minimum Gasteiger partial charge on any atom is -0.318 e. The Morgan fingerprint density at radius 1 is 1.25 bits per heavy atom. The first-order valence-corrected chi connectivity index (χ1v) is 9.42. The number of aromatic nitrogens is 2. The summed E-state index contributed by atoms with van der Waals surface area (Å²) in [6.07, 6.45) is 2.13. The first kappa shape index (κ1) is 20.2. The number of imide groups is 1. The number of urea groups is 1. The van der Waals surface area contributed by atoms with Gasteiger partial charge in [-0.25, -0.2) is 9.48 Å². The first-order chi connectivity index (χ1) is 13.4. The zero-order valence-corrected chi connectivity index (χ0v) is 16.7. The number of carbonyl (C=O) groups excluding carboxylic acids is 3. The molecule has 1 aliphatic rings. The summed E-state index contributed by atoms with van der Waals surface area (Å²) in [5.74, 6) is 0.0462. The second-order valence-electron chi connectivity index (χ2n) is 6.42. The van der Waals surface area contributed by atoms with Crippen molar-refractivity contribution in [2.75, 3.05) is 25.5 Å². The second kappa shape index (κ2) is 8.62. The average Bonchev–Trinajstić information content (AvgIpc) is 3.17. The van der Waals surface area contributed by atoms with E-state index >= 15 is 0 Å². The number of likely N-dealkylation sites (N-methyl/N-ethyl adjacent to an activating group) is 1. The predicted octanol–water partition coefficient (Wildman–Crippen LogP) is 2.85. The smallest absolute Gasteiger partial charge is 0.318 e. The maximum atomic E-state index is 12.2. The molecule has 1 N–H and O–H groups in total. The van der Waals surface area contributed by atoms with Crippen LogP contribution in [0.2, 0.25) is 10.0 Å². The molecule has 0 atom stereocenters. The molecule has 1 aromatic carbocycles. The van der Waals surface area contributed by atoms with Gasteiger partial charge in [0.15, 0.2) is 0 Å². The number of hydrogen-bond donors (Lipinski definition) is 1. The Morgan fingerprint density at radius 2 is 2.04 bits per heavy atom. The number of halogens is 2. The molecule has 0 bridgehead atoms. The Labute approximate surface area is 172 Å². The Hall–Kier alpha value is -2.58. The molecule has 1 aliphatic heterocycles. The molecular weight excluding hydrogens is 405 g/mol. The fraction of sp³-hybridized carbons (Fsp3) is 0.333. The number of nitrogens with one attached hydrogen (secondary N) is 1. The number of amides is 4. The lowest BCUT2D eigenvalue weighted by molar-refractivity contribution is -0.125. The van der Waals surface area contributed by atoms with Gasteiger partial charge in [-0.15, -0.1) is 0 Å². The summed E-state index contributed by atoms with van der Waals surface area (Å²) in [7, 11) is 1.57. The third-order valence-corrected chi connectivity index (χ3v) is 5.21. The number of carbonyl (C=O) groups is 3. The fourth-order valence-electron chi connectivity index (χ4n) is 2.89. The van der Waals surface area contributed by atoms with Gasteiger partial charge < -0.3 is 10.2 Å². The van der Waals surface area contributed by atoms with E-state index in [9.17, 15) is 14.4 Å². The quantitative estimate of drug-likeness (QED) is 0.693. The van der Waals surface area contributed by atoms with Crippen LogP contribution in [0.3, 0.4) is 0 Å². The van der Waals surface area contributed by atoms with Crippen LogP contribution in [-0.2, 0) is 16.1 Å². The molecule has 0 unspecified atom stereocenters. The molecule has 28 heavy (non-hydrogen) atoms. The molecule has 3 rings (SSSR count). The van der Waals surface area contributed by atoms with Crippen LogP contribution in [0.1, 0.15) is 18.4 Å². The summed E-state index contributed by atoms with van der Waals surface area (Å²) in [4.78, 5) is 38.3. The van der Waals surface area contributed by atoms with E-state index in [2.05, 4.69) is 10.4 Å². The van der Waals surface area contributed by atoms with Gasteiger partial charge in [0.2, 0.25) is 11.8 Å². The second-order valence-corrected chi connectivity index (χ2v) is 7.21. The Balaban J connectivity index is 1.54. The highest BCUT2D eigenvalue weighted by Crippen LogP contribution is 2.26. The average molecular weight is 424 g/mol. The van der Waals surface area contributed by atoms with Gasteiger partial charge in [-0.05, 0) is 18.1 Å². The number of benzene rings is 1. The number of rotatable bonds is 7. The maximum Gasteiger partial charge on any atom is 0.326 e. The zero-order chi connectivity index (χ0) is 20.3. The molecule has 1 aromatic heterocycles. The van der Waals surface area contributed by atoms with E-state index in [0.717, 1.165) is 5.56 Å². The van der Waals surface area contributed by atoms with Gasteiger partial charge in [-0.2, -0.15) is 5.10 Å². The summed E-state index contributed by atoms with van der Waals surface area (Å²) < 4.78 is 1.61. The molecule has 1 fully saturated rings. The number of nitrogens with zero attached hydrogens (tertiary/aromatic N) is 4. The Morgan fingerprint density at radius 3 is 2.75 bits per heavy atom. The van der Waals surface area contributed by atoms with Crippen molar-refractivity contribution in [2.24, 2.45) is 0 Å². The van der Waals surface area contributed by atoms with Crippen LogP contribution < -0.4 is 5.32 Å². The van der Waals surface area contributed by atoms with E-state index in [1.807, 2.05) is 6.07 Å². The van der Waals surface area contributed by atoms with E-state index in [-0.39, 0.29) is 37.4 Å². The SMILES string of the molecule is CN1CC(=O)N(CCCC(=O)Nc2ccnn2Cc2cccc(Cl)c2Cl)C1=O. The van der Waals surface area contributed by atoms with Crippen LogP contribution in [0.15, 0.2) is 30.5 Å². The van der Waals surface area contributed by atoms with Crippen molar-refractivity contribution in [3.8, 4) is 0 Å². The third-order valence-electron chi connectivity index (χ3n) is 4.35. The van der Waals surface area contributed by atoms with Crippen molar-refractivity contribution < 1.29 is 14.4 Å². The summed E-state index contributed by atoms with van der Waals surface area (Å²) in [5.41, 5.74) is 0.781. The largest absolute Gasteiger partial charge is 0.326 e. The normalized spacial score (nSPS) is 14.1. The van der Waals surface area contributed by atoms with Crippen molar-refractivity contribution >= 4 is 46.9 Å². The Bertz CT molecular complexity index is 914. The van der Waals surface area contributed by atoms with Crippen LogP contribution in [0.5, 0.6) is 0 Å². The lowest BCUT2D eigenvalue weighted by atomic mass is 10.2. The fourth-order valence-corrected chi connectivity index (χ4v) is 3.27. The summed E-state index contributed by atoms with van der Waals surface area (Å²) in [5, 5.41) is 7.89. The van der Waals surface area contributed by atoms with Crippen LogP contribution in [0.4, 0.5) is 10.6 Å². The lowest BCUT2D eigenvalue weighted by Crippen LogP contribution is -2.33. The van der Waals surface area contributed by atoms with Gasteiger partial charge >= 0.3 is 6.03 Å². The topological polar surface area (TPSA) is 87.5 Å². The summed E-state index contributed by atoms with van der Waals surface area (Å²) in [6.45, 7) is 0.647. The molecule has 0 radical (unpaired) electrons. The molecule has 2 heterocycles. The molecule has 4 amide bonds. The van der Waals surface area contributed by atoms with Gasteiger partial charge in [0.25, 0.3) is 0 Å². The van der Waals surface area contributed by atoms with Crippen LogP contribution in [0.25, 0.3) is 0 Å². The van der Waals surface area contributed by atoms with Crippen molar-refractivity contribution in [1.82, 2.24) is 19.6 Å². The summed E-state index contributed by atoms with van der Waals surface area (Å²) in [6, 6.07) is 6.68. The van der Waals surface area contributed by atoms with Crippen LogP contribution in [-0.4, -0.2) is 57.6 Å². The van der Waals surface area contributed by atoms with E-state index in [0.29, 0.717) is 28.8 Å². The van der Waals surface area contributed by atoms with Crippen molar-refractivity contribution in [3.63, 3.8) is 0 Å². The molecule has 148 valence electrons. The molecule has 0 spiro atoms. The highest BCUT2D eigenvalue weighted by Gasteiger charge is 2.32. The zero-order valence-electron chi connectivity index (χ0n) is 15.2. The molecule has 8 nitrogen and oxygen atoms in total. The highest BCUT2D eigenvalue weighted by atomic mass is 35.5. The van der Waals surface area contributed by atoms with Crippen molar-refractivity contribution in [3.05, 3.63) is 46.1 Å². The first-order valence-electron chi connectivity index (χ1n) is 8.67. The van der Waals surface area contributed by atoms with Gasteiger partial charge in [0.1, 0.15) is 12.4 Å². The third kappa shape index (κ3) is 4.45. The van der Waals surface area contributed by atoms with Crippen LogP contribution >= 0.6 is 23.2 Å². The predicted molar refractivity (Wildman–Crippen MR) is 105 cm³/mol. The molecular formula is C18H19Cl2N5O3. The number of anilines is 1. The highest BCUT2D eigenvalue weighted by molar-refractivity contribution is 6.42. The van der Waals surface area contributed by atoms with E-state index in [1.54, 1.807) is 36.1 Å². The Kier molecular flexibility index (Phi) is 6.21. The van der Waals surface area contributed by atoms with E-state index < -0.39 is 0 Å². The molecule has 0 saturated carbocycles. The van der Waals surface area contributed by atoms with E-state index in [4.69, 9.17) is 23.2 Å². The van der Waals surface area contributed by atoms with Crippen molar-refractivity contribution in [1.29, 1.82) is 0 Å². The lowest BCUT2D eigenvalue weighted by Gasteiger charge is -2.14. The monoisotopic (exact) mass is 423 g/mol. The number of hydrogen-bond acceptors (Lipinski definition) is 4. The molecule has 0 aliphatic carbocycles. The molecule has 2 aromatic rings. The van der Waals surface area contributed by atoms with Gasteiger partial charge in [0, 0.05) is 26.1 Å². The van der Waals surface area contributed by atoms with Gasteiger partial charge in [-0.3, -0.25) is 14.5 Å². The maximum absolute atomic E-state index is 12.2. The minimum atomic E-state index is -0.332. The van der Waals surface area contributed by atoms with Gasteiger partial charge in [-0.1, -0.05) is 35.3 Å². The minimum absolute atomic E-state index is 0.0796. The van der Waals surface area contributed by atoms with Gasteiger partial charge in [0.05, 0.1) is 22.8 Å².